The Morgan fingerprint density at radius 3 is 2.68 bits per heavy atom. The van der Waals surface area contributed by atoms with Crippen molar-refractivity contribution in [2.45, 2.75) is 62.1 Å². The Balaban J connectivity index is 1.74. The van der Waals surface area contributed by atoms with Gasteiger partial charge in [0.15, 0.2) is 0 Å². The maximum atomic E-state index is 11.9. The number of nitrogens with one attached hydrogen (secondary N) is 1. The number of nitrogens with two attached hydrogens (primary N) is 1. The highest BCUT2D eigenvalue weighted by atomic mass is 16.4. The molecule has 31 heavy (non-hydrogen) atoms. The maximum absolute atomic E-state index is 11.9. The molecule has 1 heterocycles. The third kappa shape index (κ3) is 3.55. The molecule has 0 aromatic heterocycles. The minimum atomic E-state index is -1.19. The standard InChI is InChI=1S/C22H29N3O6/c1-25-7-6-22-10-12(24-15(21(30)31)9-17(26)27)3-5-14(22)16(25)8-11-2-4-13(20(23)29)19(28)18(11)22/h2,4,12,14-16,24,28H,3,5-10H2,1H3,(H2,23,29)(H,26,27)(H,30,31)/t12-,14+,15?,16-,22+/m1/s1. The molecule has 0 radical (unpaired) electrons. The topological polar surface area (TPSA) is 153 Å². The van der Waals surface area contributed by atoms with Gasteiger partial charge in [0.25, 0.3) is 5.91 Å². The number of carboxylic acid groups (broad SMARTS) is 2. The number of nitrogens with zero attached hydrogens (tertiary/aromatic N) is 1. The molecule has 9 nitrogen and oxygen atoms in total. The van der Waals surface area contributed by atoms with Crippen LogP contribution < -0.4 is 11.1 Å². The van der Waals surface area contributed by atoms with E-state index in [9.17, 15) is 24.6 Å². The van der Waals surface area contributed by atoms with E-state index in [1.54, 1.807) is 6.07 Å². The predicted octanol–water partition coefficient (Wildman–Crippen LogP) is 0.675. The second-order valence-corrected chi connectivity index (χ2v) is 9.26. The number of carbonyl (C=O) groups is 3. The summed E-state index contributed by atoms with van der Waals surface area (Å²) in [7, 11) is 2.11. The summed E-state index contributed by atoms with van der Waals surface area (Å²) in [5.74, 6) is -2.84. The summed E-state index contributed by atoms with van der Waals surface area (Å²) in [6.45, 7) is 0.824. The van der Waals surface area contributed by atoms with E-state index >= 15 is 0 Å². The van der Waals surface area contributed by atoms with Gasteiger partial charge in [-0.25, -0.2) is 0 Å². The highest BCUT2D eigenvalue weighted by molar-refractivity contribution is 5.96. The number of primary amides is 1. The van der Waals surface area contributed by atoms with Crippen LogP contribution in [0.4, 0.5) is 0 Å². The molecule has 0 spiro atoms. The number of aliphatic carboxylic acids is 2. The average molecular weight is 431 g/mol. The van der Waals surface area contributed by atoms with Gasteiger partial charge in [0.05, 0.1) is 12.0 Å². The molecule has 1 unspecified atom stereocenters. The Morgan fingerprint density at radius 2 is 2.03 bits per heavy atom. The van der Waals surface area contributed by atoms with E-state index in [1.807, 2.05) is 6.07 Å². The summed E-state index contributed by atoms with van der Waals surface area (Å²) < 4.78 is 0. The lowest BCUT2D eigenvalue weighted by Crippen LogP contribution is -2.63. The molecule has 1 amide bonds. The molecule has 4 rings (SSSR count). The Morgan fingerprint density at radius 1 is 1.29 bits per heavy atom. The molecule has 1 aromatic carbocycles. The van der Waals surface area contributed by atoms with Gasteiger partial charge in [-0.2, -0.15) is 0 Å². The third-order valence-electron chi connectivity index (χ3n) is 7.66. The number of hydrogen-bond acceptors (Lipinski definition) is 6. The number of carboxylic acids is 2. The van der Waals surface area contributed by atoms with Crippen LogP contribution in [0.1, 0.15) is 53.6 Å². The molecular formula is C22H29N3O6. The number of hydrogen-bond donors (Lipinski definition) is 5. The van der Waals surface area contributed by atoms with Crippen LogP contribution in [0.5, 0.6) is 5.75 Å². The van der Waals surface area contributed by atoms with Crippen molar-refractivity contribution in [3.05, 3.63) is 28.8 Å². The smallest absolute Gasteiger partial charge is 0.321 e. The fourth-order valence-corrected chi connectivity index (χ4v) is 6.36. The number of likely N-dealkylation sites (tertiary alicyclic amines) is 1. The number of fused-ring (bicyclic) bond motifs is 1. The zero-order valence-electron chi connectivity index (χ0n) is 17.5. The van der Waals surface area contributed by atoms with Crippen molar-refractivity contribution in [3.8, 4) is 5.75 Å². The van der Waals surface area contributed by atoms with Crippen LogP contribution in [0.2, 0.25) is 0 Å². The second kappa shape index (κ2) is 7.80. The first-order valence-corrected chi connectivity index (χ1v) is 10.7. The van der Waals surface area contributed by atoms with Gasteiger partial charge in [-0.05, 0) is 63.2 Å². The predicted molar refractivity (Wildman–Crippen MR) is 111 cm³/mol. The first-order chi connectivity index (χ1) is 14.6. The zero-order valence-corrected chi connectivity index (χ0v) is 17.5. The number of phenols is 1. The van der Waals surface area contributed by atoms with Gasteiger partial charge >= 0.3 is 11.9 Å². The zero-order chi connectivity index (χ0) is 22.5. The lowest BCUT2D eigenvalue weighted by molar-refractivity contribution is -0.146. The summed E-state index contributed by atoms with van der Waals surface area (Å²) in [4.78, 5) is 37.0. The number of amides is 1. The second-order valence-electron chi connectivity index (χ2n) is 9.26. The van der Waals surface area contributed by atoms with Gasteiger partial charge in [0.1, 0.15) is 11.8 Å². The van der Waals surface area contributed by atoms with Crippen LogP contribution in [-0.2, 0) is 21.4 Å². The lowest BCUT2D eigenvalue weighted by atomic mass is 9.51. The van der Waals surface area contributed by atoms with E-state index in [0.717, 1.165) is 43.4 Å². The van der Waals surface area contributed by atoms with Gasteiger partial charge < -0.3 is 31.3 Å². The maximum Gasteiger partial charge on any atom is 0.321 e. The number of likely N-dealkylation sites (N-methyl/N-ethyl adjacent to an activating group) is 1. The van der Waals surface area contributed by atoms with Crippen LogP contribution in [0, 0.1) is 5.92 Å². The molecule has 5 atom stereocenters. The van der Waals surface area contributed by atoms with Gasteiger partial charge in [-0.15, -0.1) is 0 Å². The molecule has 168 valence electrons. The highest BCUT2D eigenvalue weighted by Crippen LogP contribution is 2.58. The molecule has 1 saturated carbocycles. The fourth-order valence-electron chi connectivity index (χ4n) is 6.36. The fraction of sp³-hybridized carbons (Fsp3) is 0.591. The van der Waals surface area contributed by atoms with Crippen molar-refractivity contribution in [1.82, 2.24) is 10.2 Å². The van der Waals surface area contributed by atoms with Crippen molar-refractivity contribution in [1.29, 1.82) is 0 Å². The van der Waals surface area contributed by atoms with Crippen molar-refractivity contribution in [3.63, 3.8) is 0 Å². The van der Waals surface area contributed by atoms with Gasteiger partial charge in [0, 0.05) is 23.1 Å². The van der Waals surface area contributed by atoms with E-state index in [4.69, 9.17) is 10.8 Å². The molecule has 2 fully saturated rings. The van der Waals surface area contributed by atoms with Crippen molar-refractivity contribution < 1.29 is 29.7 Å². The molecular weight excluding hydrogens is 402 g/mol. The van der Waals surface area contributed by atoms with Gasteiger partial charge in [-0.1, -0.05) is 6.07 Å². The van der Waals surface area contributed by atoms with Crippen LogP contribution >= 0.6 is 0 Å². The first-order valence-electron chi connectivity index (χ1n) is 10.7. The quantitative estimate of drug-likeness (QED) is 0.441. The molecule has 3 aliphatic rings. The Hall–Kier alpha value is -2.65. The normalized spacial score (nSPS) is 30.7. The summed E-state index contributed by atoms with van der Waals surface area (Å²) >= 11 is 0. The summed E-state index contributed by atoms with van der Waals surface area (Å²) in [5.41, 5.74) is 6.96. The molecule has 1 saturated heterocycles. The Labute approximate surface area is 180 Å². The number of piperidine rings is 1. The average Bonchev–Trinajstić information content (AvgIpc) is 2.69. The molecule has 2 aliphatic carbocycles. The van der Waals surface area contributed by atoms with Crippen molar-refractivity contribution in [2.75, 3.05) is 13.6 Å². The van der Waals surface area contributed by atoms with E-state index in [-0.39, 0.29) is 23.3 Å². The van der Waals surface area contributed by atoms with Crippen molar-refractivity contribution in [2.24, 2.45) is 11.7 Å². The van der Waals surface area contributed by atoms with Gasteiger partial charge in [-0.3, -0.25) is 14.4 Å². The minimum Gasteiger partial charge on any atom is -0.507 e. The Bertz CT molecular complexity index is 934. The highest BCUT2D eigenvalue weighted by Gasteiger charge is 2.56. The van der Waals surface area contributed by atoms with Crippen LogP contribution in [0.3, 0.4) is 0 Å². The SMILES string of the molecule is CN1CC[C@]23C[C@H](NC(CC(=O)O)C(=O)O)CC[C@H]2[C@H]1Cc1ccc(C(N)=O)c(O)c13. The van der Waals surface area contributed by atoms with E-state index in [2.05, 4.69) is 17.3 Å². The van der Waals surface area contributed by atoms with Crippen molar-refractivity contribution >= 4 is 17.8 Å². The monoisotopic (exact) mass is 431 g/mol. The number of rotatable bonds is 6. The summed E-state index contributed by atoms with van der Waals surface area (Å²) in [6.07, 6.45) is 3.18. The molecule has 1 aromatic rings. The van der Waals surface area contributed by atoms with Crippen LogP contribution in [-0.4, -0.2) is 69.8 Å². The third-order valence-corrected chi connectivity index (χ3v) is 7.66. The molecule has 9 heteroatoms. The van der Waals surface area contributed by atoms with Crippen LogP contribution in [0.25, 0.3) is 0 Å². The molecule has 6 N–H and O–H groups in total. The summed E-state index contributed by atoms with van der Waals surface area (Å²) in [6, 6.07) is 2.38. The molecule has 2 bridgehead atoms. The number of benzene rings is 1. The lowest BCUT2D eigenvalue weighted by Gasteiger charge is -2.60. The van der Waals surface area contributed by atoms with E-state index in [1.165, 1.54) is 0 Å². The number of carbonyl (C=O) groups excluding carboxylic acids is 1. The van der Waals surface area contributed by atoms with E-state index < -0.39 is 35.7 Å². The molecule has 1 aliphatic heterocycles. The minimum absolute atomic E-state index is 0.0565. The van der Waals surface area contributed by atoms with E-state index in [0.29, 0.717) is 12.5 Å². The Kier molecular flexibility index (Phi) is 5.43. The first kappa shape index (κ1) is 21.6. The largest absolute Gasteiger partial charge is 0.507 e. The number of aromatic hydroxyl groups is 1. The van der Waals surface area contributed by atoms with Gasteiger partial charge in [0.2, 0.25) is 0 Å². The van der Waals surface area contributed by atoms with Crippen LogP contribution in [0.15, 0.2) is 12.1 Å². The summed E-state index contributed by atoms with van der Waals surface area (Å²) in [5, 5.41) is 32.7.